The number of nitrogens with two attached hydrogens (primary N) is 1. The Morgan fingerprint density at radius 2 is 1.56 bits per heavy atom. The maximum atomic E-state index is 13.5. The van der Waals surface area contributed by atoms with Crippen molar-refractivity contribution in [3.8, 4) is 0 Å². The number of hydrazine groups is 1. The number of hydrogen-bond acceptors (Lipinski definition) is 7. The molecular weight excluding hydrogens is 596 g/mol. The molecule has 6 N–H and O–H groups in total. The number of hydrogen-bond donors (Lipinski definition) is 5. The minimum atomic E-state index is -4.02. The number of benzene rings is 2. The highest BCUT2D eigenvalue weighted by molar-refractivity contribution is 7.85. The summed E-state index contributed by atoms with van der Waals surface area (Å²) < 4.78 is 29.6. The lowest BCUT2D eigenvalue weighted by Crippen LogP contribution is -2.58. The molecule has 45 heavy (non-hydrogen) atoms. The van der Waals surface area contributed by atoms with Crippen LogP contribution in [0.4, 0.5) is 0 Å². The molecule has 248 valence electrons. The van der Waals surface area contributed by atoms with E-state index in [4.69, 9.17) is 10.3 Å². The van der Waals surface area contributed by atoms with Gasteiger partial charge in [-0.05, 0) is 63.1 Å². The molecule has 0 spiro atoms. The summed E-state index contributed by atoms with van der Waals surface area (Å²) in [4.78, 5) is 39.0. The van der Waals surface area contributed by atoms with Gasteiger partial charge in [-0.2, -0.15) is 8.42 Å². The van der Waals surface area contributed by atoms with Crippen LogP contribution in [0.5, 0.6) is 0 Å². The van der Waals surface area contributed by atoms with Gasteiger partial charge >= 0.3 is 0 Å². The Balaban J connectivity index is 0.000000537. The Labute approximate surface area is 266 Å². The van der Waals surface area contributed by atoms with E-state index in [9.17, 15) is 28.0 Å². The monoisotopic (exact) mass is 644 g/mol. The van der Waals surface area contributed by atoms with Gasteiger partial charge in [0.25, 0.3) is 16.0 Å². The Bertz CT molecular complexity index is 1360. The second-order valence-electron chi connectivity index (χ2n) is 11.9. The fourth-order valence-corrected chi connectivity index (χ4v) is 5.69. The van der Waals surface area contributed by atoms with Gasteiger partial charge in [-0.25, -0.2) is 10.5 Å². The van der Waals surface area contributed by atoms with Gasteiger partial charge in [0.1, 0.15) is 0 Å². The summed E-state index contributed by atoms with van der Waals surface area (Å²) in [5.74, 6) is -2.78. The predicted molar refractivity (Wildman–Crippen MR) is 173 cm³/mol. The van der Waals surface area contributed by atoms with E-state index in [2.05, 4.69) is 5.43 Å². The first-order valence-electron chi connectivity index (χ1n) is 15.3. The van der Waals surface area contributed by atoms with Gasteiger partial charge < -0.3 is 5.73 Å². The predicted octanol–water partition coefficient (Wildman–Crippen LogP) is 4.66. The molecule has 2 aromatic carbocycles. The summed E-state index contributed by atoms with van der Waals surface area (Å²) in [6, 6.07) is 14.8. The molecule has 0 aromatic heterocycles. The first-order chi connectivity index (χ1) is 21.2. The van der Waals surface area contributed by atoms with E-state index in [1.807, 2.05) is 63.3 Å². The molecule has 3 atom stereocenters. The highest BCUT2D eigenvalue weighted by Crippen LogP contribution is 2.27. The molecule has 0 unspecified atom stereocenters. The van der Waals surface area contributed by atoms with E-state index in [0.29, 0.717) is 6.42 Å². The lowest BCUT2D eigenvalue weighted by Gasteiger charge is -2.37. The standard InChI is InChI=1S/C26H40N4O4.C7H8O3S/c1-18(2)17-23(22(25(32)29-34)16-10-13-20-11-6-4-7-12-20)24(31)28-30(26(33)19(3)27)21-14-8-5-9-15-21;1-6-2-4-7(5-3-6)11(8,9)10/h4,6-7,10-13,18-19,21-23,34H,5,8-9,14-17,27H2,1-3H3,(H,28,31)(H,29,32);2-5H,1H3,(H,8,9,10)/t19-,22+,23-;/m1./s1. The summed E-state index contributed by atoms with van der Waals surface area (Å²) in [5.41, 5.74) is 12.4. The van der Waals surface area contributed by atoms with Gasteiger partial charge in [0.2, 0.25) is 11.8 Å². The molecular formula is C33H48N4O7S. The molecule has 11 nitrogen and oxygen atoms in total. The second-order valence-corrected chi connectivity index (χ2v) is 13.3. The quantitative estimate of drug-likeness (QED) is 0.133. The summed E-state index contributed by atoms with van der Waals surface area (Å²) in [7, 11) is -4.02. The van der Waals surface area contributed by atoms with Crippen LogP contribution in [0.15, 0.2) is 65.6 Å². The van der Waals surface area contributed by atoms with Gasteiger partial charge in [0, 0.05) is 0 Å². The number of hydroxylamine groups is 1. The molecule has 0 saturated heterocycles. The molecule has 0 heterocycles. The molecule has 12 heteroatoms. The number of carbonyl (C=O) groups is 3. The number of nitrogens with zero attached hydrogens (tertiary/aromatic N) is 1. The number of aryl methyl sites for hydroxylation is 1. The zero-order valence-corrected chi connectivity index (χ0v) is 27.4. The van der Waals surface area contributed by atoms with Crippen molar-refractivity contribution in [1.82, 2.24) is 15.9 Å². The molecule has 1 aliphatic carbocycles. The van der Waals surface area contributed by atoms with E-state index in [1.54, 1.807) is 24.5 Å². The van der Waals surface area contributed by atoms with Crippen molar-refractivity contribution in [3.05, 3.63) is 71.8 Å². The second kappa shape index (κ2) is 18.4. The largest absolute Gasteiger partial charge is 0.320 e. The Kier molecular flexibility index (Phi) is 15.4. The van der Waals surface area contributed by atoms with E-state index in [0.717, 1.165) is 43.2 Å². The van der Waals surface area contributed by atoms with Crippen LogP contribution in [0.2, 0.25) is 0 Å². The first kappa shape index (κ1) is 37.6. The third kappa shape index (κ3) is 12.7. The van der Waals surface area contributed by atoms with Gasteiger partial charge in [-0.3, -0.25) is 29.6 Å². The molecule has 3 rings (SSSR count). The average molecular weight is 645 g/mol. The molecule has 0 radical (unpaired) electrons. The Morgan fingerprint density at radius 3 is 2.07 bits per heavy atom. The summed E-state index contributed by atoms with van der Waals surface area (Å²) in [6.45, 7) is 7.39. The first-order valence-corrected chi connectivity index (χ1v) is 16.8. The van der Waals surface area contributed by atoms with Crippen molar-refractivity contribution in [1.29, 1.82) is 0 Å². The molecule has 3 amide bonds. The SMILES string of the molecule is CC(C)C[C@@H](C(=O)NN(C(=O)[C@@H](C)N)C1CCCCC1)[C@H](CC=Cc1ccccc1)C(=O)NO.Cc1ccc(S(=O)(=O)O)cc1. The van der Waals surface area contributed by atoms with Crippen LogP contribution in [-0.4, -0.2) is 53.0 Å². The fourth-order valence-electron chi connectivity index (χ4n) is 5.21. The van der Waals surface area contributed by atoms with Crippen LogP contribution in [0.3, 0.4) is 0 Å². The molecule has 1 saturated carbocycles. The third-order valence-electron chi connectivity index (χ3n) is 7.61. The van der Waals surface area contributed by atoms with Gasteiger partial charge in [-0.1, -0.05) is 93.3 Å². The van der Waals surface area contributed by atoms with E-state index in [-0.39, 0.29) is 29.2 Å². The summed E-state index contributed by atoms with van der Waals surface area (Å²) in [6.07, 6.45) is 9.08. The fraction of sp³-hybridized carbons (Fsp3) is 0.485. The summed E-state index contributed by atoms with van der Waals surface area (Å²) >= 11 is 0. The van der Waals surface area contributed by atoms with Crippen molar-refractivity contribution >= 4 is 33.9 Å². The third-order valence-corrected chi connectivity index (χ3v) is 8.48. The molecule has 1 aliphatic rings. The summed E-state index contributed by atoms with van der Waals surface area (Å²) in [5, 5.41) is 10.8. The minimum absolute atomic E-state index is 0.0666. The lowest BCUT2D eigenvalue weighted by molar-refractivity contribution is -0.150. The normalized spacial score (nSPS) is 15.8. The van der Waals surface area contributed by atoms with Crippen molar-refractivity contribution in [2.75, 3.05) is 0 Å². The molecule has 2 aromatic rings. The topological polar surface area (TPSA) is 179 Å². The van der Waals surface area contributed by atoms with E-state index < -0.39 is 39.8 Å². The van der Waals surface area contributed by atoms with Gasteiger partial charge in [0.05, 0.1) is 28.8 Å². The maximum Gasteiger partial charge on any atom is 0.294 e. The highest BCUT2D eigenvalue weighted by Gasteiger charge is 2.36. The zero-order valence-electron chi connectivity index (χ0n) is 26.6. The van der Waals surface area contributed by atoms with Crippen LogP contribution in [0.25, 0.3) is 6.08 Å². The van der Waals surface area contributed by atoms with E-state index >= 15 is 0 Å². The van der Waals surface area contributed by atoms with E-state index in [1.165, 1.54) is 17.1 Å². The van der Waals surface area contributed by atoms with Crippen LogP contribution in [0.1, 0.15) is 76.8 Å². The van der Waals surface area contributed by atoms with Gasteiger partial charge in [0.15, 0.2) is 0 Å². The highest BCUT2D eigenvalue weighted by atomic mass is 32.2. The number of nitrogens with one attached hydrogen (secondary N) is 2. The minimum Gasteiger partial charge on any atom is -0.320 e. The van der Waals surface area contributed by atoms with Crippen molar-refractivity contribution in [2.24, 2.45) is 23.5 Å². The Hall–Kier alpha value is -3.58. The molecule has 1 fully saturated rings. The number of carbonyl (C=O) groups excluding carboxylic acids is 3. The smallest absolute Gasteiger partial charge is 0.294 e. The molecule has 0 aliphatic heterocycles. The van der Waals surface area contributed by atoms with Crippen molar-refractivity contribution in [3.63, 3.8) is 0 Å². The van der Waals surface area contributed by atoms with Crippen LogP contribution in [-0.2, 0) is 24.5 Å². The average Bonchev–Trinajstić information content (AvgIpc) is 3.01. The zero-order chi connectivity index (χ0) is 33.6. The molecule has 0 bridgehead atoms. The van der Waals surface area contributed by atoms with Crippen LogP contribution >= 0.6 is 0 Å². The lowest BCUT2D eigenvalue weighted by atomic mass is 9.82. The maximum absolute atomic E-state index is 13.5. The van der Waals surface area contributed by atoms with Crippen LogP contribution in [0, 0.1) is 24.7 Å². The number of amides is 3. The van der Waals surface area contributed by atoms with Gasteiger partial charge in [-0.15, -0.1) is 0 Å². The van der Waals surface area contributed by atoms with Crippen molar-refractivity contribution in [2.45, 2.75) is 89.6 Å². The Morgan fingerprint density at radius 1 is 0.956 bits per heavy atom. The van der Waals surface area contributed by atoms with Crippen molar-refractivity contribution < 1.29 is 32.6 Å². The number of allylic oxidation sites excluding steroid dienone is 1. The van der Waals surface area contributed by atoms with Crippen LogP contribution < -0.4 is 16.6 Å². The number of rotatable bonds is 11.